The summed E-state index contributed by atoms with van der Waals surface area (Å²) in [5, 5.41) is 6.23. The number of carbonyl (C=O) groups excluding carboxylic acids is 1. The average Bonchev–Trinajstić information content (AvgIpc) is 2.64. The van der Waals surface area contributed by atoms with E-state index in [1.54, 1.807) is 6.20 Å². The molecule has 0 fully saturated rings. The molecule has 132 valence electrons. The summed E-state index contributed by atoms with van der Waals surface area (Å²) in [6.45, 7) is 4.34. The van der Waals surface area contributed by atoms with Crippen molar-refractivity contribution in [2.45, 2.75) is 26.2 Å². The van der Waals surface area contributed by atoms with Gasteiger partial charge in [0.25, 0.3) is 0 Å². The number of hydrogen-bond acceptors (Lipinski definition) is 3. The molecule has 1 heterocycles. The van der Waals surface area contributed by atoms with Crippen LogP contribution in [0.2, 0.25) is 0 Å². The van der Waals surface area contributed by atoms with Crippen molar-refractivity contribution in [2.75, 3.05) is 10.6 Å². The fourth-order valence-electron chi connectivity index (χ4n) is 2.78. The van der Waals surface area contributed by atoms with Crippen molar-refractivity contribution < 1.29 is 4.79 Å². The molecule has 0 aliphatic carbocycles. The van der Waals surface area contributed by atoms with E-state index in [1.807, 2.05) is 54.6 Å². The van der Waals surface area contributed by atoms with Crippen LogP contribution >= 0.6 is 0 Å². The lowest BCUT2D eigenvalue weighted by Crippen LogP contribution is -2.15. The minimum absolute atomic E-state index is 0.0745. The summed E-state index contributed by atoms with van der Waals surface area (Å²) >= 11 is 0. The first-order valence-corrected chi connectivity index (χ1v) is 8.77. The largest absolute Gasteiger partial charge is 0.354 e. The van der Waals surface area contributed by atoms with E-state index in [9.17, 15) is 4.79 Å². The number of anilines is 3. The first-order chi connectivity index (χ1) is 12.6. The van der Waals surface area contributed by atoms with E-state index < -0.39 is 0 Å². The van der Waals surface area contributed by atoms with Gasteiger partial charge in [-0.2, -0.15) is 0 Å². The number of rotatable bonds is 6. The lowest BCUT2D eigenvalue weighted by atomic mass is 10.0. The van der Waals surface area contributed by atoms with Crippen LogP contribution in [-0.2, 0) is 11.2 Å². The van der Waals surface area contributed by atoms with E-state index in [4.69, 9.17) is 0 Å². The predicted molar refractivity (Wildman–Crippen MR) is 107 cm³/mol. The molecule has 0 bridgehead atoms. The number of nitrogens with zero attached hydrogens (tertiary/aromatic N) is 1. The minimum Gasteiger partial charge on any atom is -0.354 e. The molecule has 0 saturated carbocycles. The second kappa shape index (κ2) is 8.30. The number of pyridine rings is 1. The number of nitrogens with one attached hydrogen (secondary N) is 2. The van der Waals surface area contributed by atoms with E-state index in [1.165, 1.54) is 5.56 Å². The Kier molecular flexibility index (Phi) is 5.64. The molecule has 0 unspecified atom stereocenters. The van der Waals surface area contributed by atoms with Gasteiger partial charge in [0.2, 0.25) is 5.91 Å². The zero-order valence-corrected chi connectivity index (χ0v) is 15.1. The third-order valence-electron chi connectivity index (χ3n) is 4.10. The molecule has 2 aromatic carbocycles. The Labute approximate surface area is 154 Å². The monoisotopic (exact) mass is 345 g/mol. The molecule has 1 amide bonds. The molecule has 4 heteroatoms. The van der Waals surface area contributed by atoms with E-state index in [0.29, 0.717) is 18.2 Å². The van der Waals surface area contributed by atoms with Crippen LogP contribution in [0.25, 0.3) is 0 Å². The van der Waals surface area contributed by atoms with Crippen LogP contribution < -0.4 is 10.6 Å². The summed E-state index contributed by atoms with van der Waals surface area (Å²) in [5.41, 5.74) is 4.20. The zero-order valence-electron chi connectivity index (χ0n) is 15.1. The highest BCUT2D eigenvalue weighted by Crippen LogP contribution is 2.26. The number of para-hydroxylation sites is 1. The van der Waals surface area contributed by atoms with Gasteiger partial charge in [-0.3, -0.25) is 4.79 Å². The molecule has 0 atom stereocenters. The first-order valence-electron chi connectivity index (χ1n) is 8.77. The standard InChI is InChI=1S/C22H23N3O/c1-16(2)19-10-6-7-11-20(19)24-18-12-13-21(23-15-18)25-22(26)14-17-8-4-3-5-9-17/h3-13,15-16,24H,14H2,1-2H3,(H,23,25,26). The molecule has 0 saturated heterocycles. The third-order valence-corrected chi connectivity index (χ3v) is 4.10. The molecular formula is C22H23N3O. The second-order valence-corrected chi connectivity index (χ2v) is 6.51. The van der Waals surface area contributed by atoms with Gasteiger partial charge in [0.05, 0.1) is 18.3 Å². The molecular weight excluding hydrogens is 322 g/mol. The molecule has 0 radical (unpaired) electrons. The molecule has 2 N–H and O–H groups in total. The summed E-state index contributed by atoms with van der Waals surface area (Å²) in [6.07, 6.45) is 2.07. The van der Waals surface area contributed by atoms with Crippen LogP contribution in [-0.4, -0.2) is 10.9 Å². The Morgan fingerprint density at radius 3 is 2.38 bits per heavy atom. The van der Waals surface area contributed by atoms with Crippen molar-refractivity contribution >= 4 is 23.1 Å². The van der Waals surface area contributed by atoms with E-state index in [2.05, 4.69) is 41.6 Å². The number of carbonyl (C=O) groups is 1. The maximum Gasteiger partial charge on any atom is 0.229 e. The Morgan fingerprint density at radius 2 is 1.69 bits per heavy atom. The maximum atomic E-state index is 12.1. The Bertz CT molecular complexity index is 858. The molecule has 3 aromatic rings. The van der Waals surface area contributed by atoms with Crippen LogP contribution in [0.1, 0.15) is 30.9 Å². The van der Waals surface area contributed by atoms with Gasteiger partial charge in [0, 0.05) is 5.69 Å². The Balaban J connectivity index is 1.63. The third kappa shape index (κ3) is 4.70. The minimum atomic E-state index is -0.0745. The predicted octanol–water partition coefficient (Wildman–Crippen LogP) is 5.13. The topological polar surface area (TPSA) is 54.0 Å². The lowest BCUT2D eigenvalue weighted by molar-refractivity contribution is -0.115. The maximum absolute atomic E-state index is 12.1. The number of benzene rings is 2. The summed E-state index contributed by atoms with van der Waals surface area (Å²) in [6, 6.07) is 21.6. The first kappa shape index (κ1) is 17.7. The smallest absolute Gasteiger partial charge is 0.229 e. The molecule has 0 aliphatic heterocycles. The van der Waals surface area contributed by atoms with Gasteiger partial charge in [0.1, 0.15) is 5.82 Å². The molecule has 0 aliphatic rings. The summed E-state index contributed by atoms with van der Waals surface area (Å²) in [5.74, 6) is 0.909. The molecule has 0 spiro atoms. The SMILES string of the molecule is CC(C)c1ccccc1Nc1ccc(NC(=O)Cc2ccccc2)nc1. The highest BCUT2D eigenvalue weighted by molar-refractivity contribution is 5.91. The van der Waals surface area contributed by atoms with E-state index in [0.717, 1.165) is 16.9 Å². The van der Waals surface area contributed by atoms with E-state index >= 15 is 0 Å². The zero-order chi connectivity index (χ0) is 18.4. The van der Waals surface area contributed by atoms with Crippen LogP contribution in [0, 0.1) is 0 Å². The number of hydrogen-bond donors (Lipinski definition) is 2. The molecule has 3 rings (SSSR count). The number of aromatic nitrogens is 1. The number of amides is 1. The summed E-state index contributed by atoms with van der Waals surface area (Å²) < 4.78 is 0. The van der Waals surface area contributed by atoms with Gasteiger partial charge >= 0.3 is 0 Å². The van der Waals surface area contributed by atoms with Gasteiger partial charge in [-0.15, -0.1) is 0 Å². The van der Waals surface area contributed by atoms with Gasteiger partial charge in [-0.05, 0) is 35.2 Å². The van der Waals surface area contributed by atoms with Crippen LogP contribution in [0.4, 0.5) is 17.2 Å². The Morgan fingerprint density at radius 1 is 0.962 bits per heavy atom. The van der Waals surface area contributed by atoms with Crippen LogP contribution in [0.5, 0.6) is 0 Å². The van der Waals surface area contributed by atoms with Crippen molar-refractivity contribution in [3.8, 4) is 0 Å². The fraction of sp³-hybridized carbons (Fsp3) is 0.182. The van der Waals surface area contributed by atoms with Gasteiger partial charge in [0.15, 0.2) is 0 Å². The van der Waals surface area contributed by atoms with Crippen molar-refractivity contribution in [1.82, 2.24) is 4.98 Å². The van der Waals surface area contributed by atoms with Gasteiger partial charge in [-0.1, -0.05) is 62.4 Å². The summed E-state index contributed by atoms with van der Waals surface area (Å²) in [4.78, 5) is 16.4. The highest BCUT2D eigenvalue weighted by atomic mass is 16.1. The van der Waals surface area contributed by atoms with Gasteiger partial charge < -0.3 is 10.6 Å². The Hall–Kier alpha value is -3.14. The van der Waals surface area contributed by atoms with E-state index in [-0.39, 0.29) is 5.91 Å². The average molecular weight is 345 g/mol. The van der Waals surface area contributed by atoms with Crippen molar-refractivity contribution in [3.05, 3.63) is 84.1 Å². The highest BCUT2D eigenvalue weighted by Gasteiger charge is 2.07. The van der Waals surface area contributed by atoms with Crippen molar-refractivity contribution in [2.24, 2.45) is 0 Å². The van der Waals surface area contributed by atoms with Crippen LogP contribution in [0.15, 0.2) is 72.9 Å². The molecule has 1 aromatic heterocycles. The summed E-state index contributed by atoms with van der Waals surface area (Å²) in [7, 11) is 0. The fourth-order valence-corrected chi connectivity index (χ4v) is 2.78. The normalized spacial score (nSPS) is 10.6. The van der Waals surface area contributed by atoms with Crippen LogP contribution in [0.3, 0.4) is 0 Å². The quantitative estimate of drug-likeness (QED) is 0.651. The second-order valence-electron chi connectivity index (χ2n) is 6.51. The van der Waals surface area contributed by atoms with Crippen molar-refractivity contribution in [3.63, 3.8) is 0 Å². The van der Waals surface area contributed by atoms with Crippen molar-refractivity contribution in [1.29, 1.82) is 0 Å². The molecule has 4 nitrogen and oxygen atoms in total. The van der Waals surface area contributed by atoms with Gasteiger partial charge in [-0.25, -0.2) is 4.98 Å². The molecule has 26 heavy (non-hydrogen) atoms. The lowest BCUT2D eigenvalue weighted by Gasteiger charge is -2.14.